The highest BCUT2D eigenvalue weighted by Crippen LogP contribution is 2.27. The number of aromatic nitrogens is 1. The van der Waals surface area contributed by atoms with Gasteiger partial charge < -0.3 is 9.64 Å². The van der Waals surface area contributed by atoms with E-state index < -0.39 is 0 Å². The maximum atomic E-state index is 12.5. The van der Waals surface area contributed by atoms with E-state index in [-0.39, 0.29) is 11.8 Å². The monoisotopic (exact) mass is 402 g/mol. The predicted molar refractivity (Wildman–Crippen MR) is 107 cm³/mol. The minimum absolute atomic E-state index is 0.333. The summed E-state index contributed by atoms with van der Waals surface area (Å²) in [5, 5.41) is 1.81. The molecule has 140 valence electrons. The Morgan fingerprint density at radius 1 is 1.11 bits per heavy atom. The molecule has 0 saturated carbocycles. The lowest BCUT2D eigenvalue weighted by Crippen LogP contribution is -2.41. The van der Waals surface area contributed by atoms with Gasteiger partial charge >= 0.3 is 0 Å². The molecule has 27 heavy (non-hydrogen) atoms. The molecule has 2 N–H and O–H groups in total. The second-order valence-electron chi connectivity index (χ2n) is 6.07. The number of hydrogen-bond donors (Lipinski definition) is 2. The van der Waals surface area contributed by atoms with Crippen LogP contribution in [0.3, 0.4) is 0 Å². The van der Waals surface area contributed by atoms with Crippen LogP contribution in [0.15, 0.2) is 30.3 Å². The number of nitrogens with zero attached hydrogens (tertiary/aromatic N) is 2. The number of rotatable bonds is 3. The van der Waals surface area contributed by atoms with Gasteiger partial charge in [0.25, 0.3) is 11.8 Å². The SMILES string of the molecule is Cc1nc(N2CCOCC2)sc1C(=O)NNC(=O)c1cc2ccccc2s1. The molecule has 7 nitrogen and oxygen atoms in total. The van der Waals surface area contributed by atoms with Crippen LogP contribution in [0.25, 0.3) is 10.1 Å². The fraction of sp³-hybridized carbons (Fsp3) is 0.278. The molecule has 1 saturated heterocycles. The van der Waals surface area contributed by atoms with Gasteiger partial charge in [-0.25, -0.2) is 4.98 Å². The third kappa shape index (κ3) is 3.80. The maximum absolute atomic E-state index is 12.5. The maximum Gasteiger partial charge on any atom is 0.281 e. The third-order valence-corrected chi connectivity index (χ3v) is 6.54. The van der Waals surface area contributed by atoms with Gasteiger partial charge in [-0.1, -0.05) is 29.5 Å². The van der Waals surface area contributed by atoms with Crippen LogP contribution in [0.5, 0.6) is 0 Å². The predicted octanol–water partition coefficient (Wildman–Crippen LogP) is 2.58. The minimum Gasteiger partial charge on any atom is -0.378 e. The number of thiazole rings is 1. The highest BCUT2D eigenvalue weighted by Gasteiger charge is 2.21. The largest absolute Gasteiger partial charge is 0.378 e. The Labute approximate surface area is 163 Å². The summed E-state index contributed by atoms with van der Waals surface area (Å²) in [7, 11) is 0. The van der Waals surface area contributed by atoms with E-state index in [1.54, 1.807) is 6.92 Å². The molecule has 2 aromatic heterocycles. The van der Waals surface area contributed by atoms with Crippen LogP contribution in [0.2, 0.25) is 0 Å². The van der Waals surface area contributed by atoms with E-state index in [1.165, 1.54) is 22.7 Å². The Bertz CT molecular complexity index is 959. The molecule has 0 spiro atoms. The van der Waals surface area contributed by atoms with Gasteiger partial charge in [0.05, 0.1) is 23.8 Å². The number of thiophene rings is 1. The lowest BCUT2D eigenvalue weighted by Gasteiger charge is -2.25. The number of fused-ring (bicyclic) bond motifs is 1. The number of aryl methyl sites for hydroxylation is 1. The number of hydrazine groups is 1. The van der Waals surface area contributed by atoms with E-state index in [4.69, 9.17) is 4.74 Å². The first kappa shape index (κ1) is 17.9. The van der Waals surface area contributed by atoms with Crippen molar-refractivity contribution >= 4 is 49.7 Å². The van der Waals surface area contributed by atoms with Crippen molar-refractivity contribution in [2.45, 2.75) is 6.92 Å². The first-order valence-electron chi connectivity index (χ1n) is 8.51. The Kier molecular flexibility index (Phi) is 5.06. The summed E-state index contributed by atoms with van der Waals surface area (Å²) in [5.41, 5.74) is 5.63. The van der Waals surface area contributed by atoms with Crippen LogP contribution in [-0.4, -0.2) is 43.1 Å². The van der Waals surface area contributed by atoms with Crippen LogP contribution in [0.4, 0.5) is 5.13 Å². The average molecular weight is 403 g/mol. The smallest absolute Gasteiger partial charge is 0.281 e. The number of ether oxygens (including phenoxy) is 1. The van der Waals surface area contributed by atoms with Gasteiger partial charge in [-0.15, -0.1) is 11.3 Å². The fourth-order valence-corrected chi connectivity index (χ4v) is 4.78. The molecule has 3 aromatic rings. The van der Waals surface area contributed by atoms with Crippen LogP contribution < -0.4 is 15.8 Å². The molecule has 3 heterocycles. The van der Waals surface area contributed by atoms with Crippen LogP contribution in [0.1, 0.15) is 25.0 Å². The number of hydrogen-bond acceptors (Lipinski definition) is 7. The van der Waals surface area contributed by atoms with E-state index in [0.29, 0.717) is 28.7 Å². The molecule has 0 bridgehead atoms. The van der Waals surface area contributed by atoms with Gasteiger partial charge in [0.1, 0.15) is 4.88 Å². The van der Waals surface area contributed by atoms with Gasteiger partial charge in [0, 0.05) is 17.8 Å². The zero-order valence-electron chi connectivity index (χ0n) is 14.7. The lowest BCUT2D eigenvalue weighted by molar-refractivity contribution is 0.0850. The quantitative estimate of drug-likeness (QED) is 0.658. The molecule has 2 amide bonds. The fourth-order valence-electron chi connectivity index (χ4n) is 2.81. The topological polar surface area (TPSA) is 83.6 Å². The standard InChI is InChI=1S/C18H18N4O3S2/c1-11-15(27-18(19-11)22-6-8-25-9-7-22)17(24)21-20-16(23)14-10-12-4-2-3-5-13(12)26-14/h2-5,10H,6-9H2,1H3,(H,20,23)(H,21,24). The molecule has 4 rings (SSSR count). The molecule has 1 aliphatic heterocycles. The number of carbonyl (C=O) groups excluding carboxylic acids is 2. The number of anilines is 1. The zero-order valence-corrected chi connectivity index (χ0v) is 16.3. The lowest BCUT2D eigenvalue weighted by atomic mass is 10.2. The van der Waals surface area contributed by atoms with Crippen LogP contribution in [0, 0.1) is 6.92 Å². The summed E-state index contributed by atoms with van der Waals surface area (Å²) < 4.78 is 6.37. The number of morpholine rings is 1. The Morgan fingerprint density at radius 2 is 1.85 bits per heavy atom. The molecule has 1 fully saturated rings. The molecule has 1 aromatic carbocycles. The molecule has 9 heteroatoms. The normalized spacial score (nSPS) is 14.3. The number of carbonyl (C=O) groups is 2. The van der Waals surface area contributed by atoms with Gasteiger partial charge in [0.15, 0.2) is 5.13 Å². The molecular formula is C18H18N4O3S2. The first-order chi connectivity index (χ1) is 13.1. The van der Waals surface area contributed by atoms with E-state index in [9.17, 15) is 9.59 Å². The van der Waals surface area contributed by atoms with E-state index in [0.717, 1.165) is 28.3 Å². The Balaban J connectivity index is 1.41. The zero-order chi connectivity index (χ0) is 18.8. The van der Waals surface area contributed by atoms with Crippen molar-refractivity contribution < 1.29 is 14.3 Å². The van der Waals surface area contributed by atoms with Gasteiger partial charge in [-0.05, 0) is 24.4 Å². The summed E-state index contributed by atoms with van der Waals surface area (Å²) in [6.45, 7) is 4.63. The first-order valence-corrected chi connectivity index (χ1v) is 10.1. The van der Waals surface area contributed by atoms with Crippen molar-refractivity contribution in [2.75, 3.05) is 31.2 Å². The highest BCUT2D eigenvalue weighted by molar-refractivity contribution is 7.20. The summed E-state index contributed by atoms with van der Waals surface area (Å²) >= 11 is 2.71. The van der Waals surface area contributed by atoms with Gasteiger partial charge in [-0.3, -0.25) is 20.4 Å². The Morgan fingerprint density at radius 3 is 2.63 bits per heavy atom. The van der Waals surface area contributed by atoms with Crippen molar-refractivity contribution in [2.24, 2.45) is 0 Å². The molecule has 0 unspecified atom stereocenters. The highest BCUT2D eigenvalue weighted by atomic mass is 32.1. The molecule has 0 radical (unpaired) electrons. The van der Waals surface area contributed by atoms with Crippen molar-refractivity contribution in [1.82, 2.24) is 15.8 Å². The van der Waals surface area contributed by atoms with Crippen LogP contribution >= 0.6 is 22.7 Å². The van der Waals surface area contributed by atoms with Gasteiger partial charge in [0.2, 0.25) is 0 Å². The van der Waals surface area contributed by atoms with E-state index in [2.05, 4.69) is 20.7 Å². The molecule has 0 aliphatic carbocycles. The summed E-state index contributed by atoms with van der Waals surface area (Å²) in [6.07, 6.45) is 0. The van der Waals surface area contributed by atoms with Crippen molar-refractivity contribution in [3.63, 3.8) is 0 Å². The van der Waals surface area contributed by atoms with Crippen molar-refractivity contribution in [3.8, 4) is 0 Å². The minimum atomic E-state index is -0.362. The molecular weight excluding hydrogens is 384 g/mol. The van der Waals surface area contributed by atoms with E-state index in [1.807, 2.05) is 30.3 Å². The number of nitrogens with one attached hydrogen (secondary N) is 2. The average Bonchev–Trinajstić information content (AvgIpc) is 3.30. The number of amides is 2. The van der Waals surface area contributed by atoms with Crippen molar-refractivity contribution in [1.29, 1.82) is 0 Å². The summed E-state index contributed by atoms with van der Waals surface area (Å²) in [6, 6.07) is 9.59. The second-order valence-corrected chi connectivity index (χ2v) is 8.13. The molecule has 0 atom stereocenters. The molecule has 1 aliphatic rings. The second kappa shape index (κ2) is 7.63. The number of benzene rings is 1. The van der Waals surface area contributed by atoms with Crippen molar-refractivity contribution in [3.05, 3.63) is 45.8 Å². The Hall–Kier alpha value is -2.49. The third-order valence-electron chi connectivity index (χ3n) is 4.21. The van der Waals surface area contributed by atoms with E-state index >= 15 is 0 Å². The van der Waals surface area contributed by atoms with Gasteiger partial charge in [-0.2, -0.15) is 0 Å². The summed E-state index contributed by atoms with van der Waals surface area (Å²) in [5.74, 6) is -0.695. The summed E-state index contributed by atoms with van der Waals surface area (Å²) in [4.78, 5) is 32.4. The van der Waals surface area contributed by atoms with Crippen LogP contribution in [-0.2, 0) is 4.74 Å².